The van der Waals surface area contributed by atoms with Gasteiger partial charge in [-0.1, -0.05) is 27.7 Å². The lowest BCUT2D eigenvalue weighted by atomic mass is 10.0. The molecule has 15 heavy (non-hydrogen) atoms. The van der Waals surface area contributed by atoms with Gasteiger partial charge in [0.1, 0.15) is 4.88 Å². The molecule has 0 aliphatic rings. The summed E-state index contributed by atoms with van der Waals surface area (Å²) in [6, 6.07) is 1.70. The molecule has 0 unspecified atom stereocenters. The summed E-state index contributed by atoms with van der Waals surface area (Å²) < 4.78 is 38.1. The minimum Gasteiger partial charge on any atom is -0.165 e. The van der Waals surface area contributed by atoms with Crippen LogP contribution in [0.15, 0.2) is 6.07 Å². The molecule has 86 valence electrons. The zero-order chi connectivity index (χ0) is 11.8. The quantitative estimate of drug-likeness (QED) is 0.676. The maximum Gasteiger partial charge on any atom is 0.425 e. The highest BCUT2D eigenvalue weighted by molar-refractivity contribution is 7.12. The summed E-state index contributed by atoms with van der Waals surface area (Å²) in [6.45, 7) is 7.41. The van der Waals surface area contributed by atoms with Crippen molar-refractivity contribution in [2.24, 2.45) is 0 Å². The standard InChI is InChI=1S/C11H15F3S/c1-6(2)8-5-9(7(3)4)15-10(8)11(12,13)14/h5-7H,1-4H3. The highest BCUT2D eigenvalue weighted by atomic mass is 32.1. The molecule has 1 rings (SSSR count). The van der Waals surface area contributed by atoms with E-state index in [0.717, 1.165) is 16.2 Å². The van der Waals surface area contributed by atoms with Gasteiger partial charge in [-0.2, -0.15) is 13.2 Å². The topological polar surface area (TPSA) is 0 Å². The summed E-state index contributed by atoms with van der Waals surface area (Å²) in [7, 11) is 0. The molecule has 0 atom stereocenters. The number of hydrogen-bond donors (Lipinski definition) is 0. The number of thiophene rings is 1. The summed E-state index contributed by atoms with van der Waals surface area (Å²) >= 11 is 0.878. The van der Waals surface area contributed by atoms with Crippen LogP contribution < -0.4 is 0 Å². The predicted octanol–water partition coefficient (Wildman–Crippen LogP) is 5.01. The van der Waals surface area contributed by atoms with Crippen LogP contribution in [-0.2, 0) is 6.18 Å². The number of rotatable bonds is 2. The van der Waals surface area contributed by atoms with E-state index in [1.165, 1.54) is 0 Å². The lowest BCUT2D eigenvalue weighted by Crippen LogP contribution is -2.05. The van der Waals surface area contributed by atoms with Crippen LogP contribution in [0.2, 0.25) is 0 Å². The van der Waals surface area contributed by atoms with Crippen LogP contribution in [0.4, 0.5) is 13.2 Å². The first-order chi connectivity index (χ1) is 6.73. The molecule has 0 amide bonds. The van der Waals surface area contributed by atoms with Crippen LogP contribution in [0.3, 0.4) is 0 Å². The summed E-state index contributed by atoms with van der Waals surface area (Å²) in [5.74, 6) is 0.0778. The Labute approximate surface area is 92.1 Å². The van der Waals surface area contributed by atoms with Crippen molar-refractivity contribution in [3.8, 4) is 0 Å². The molecule has 0 fully saturated rings. The number of alkyl halides is 3. The molecule has 0 bridgehead atoms. The first kappa shape index (κ1) is 12.6. The second kappa shape index (κ2) is 4.16. The molecule has 0 N–H and O–H groups in total. The van der Waals surface area contributed by atoms with Crippen LogP contribution in [0.1, 0.15) is 54.8 Å². The van der Waals surface area contributed by atoms with Gasteiger partial charge < -0.3 is 0 Å². The van der Waals surface area contributed by atoms with Crippen molar-refractivity contribution in [3.63, 3.8) is 0 Å². The lowest BCUT2D eigenvalue weighted by Gasteiger charge is -2.09. The van der Waals surface area contributed by atoms with Crippen molar-refractivity contribution in [1.29, 1.82) is 0 Å². The average molecular weight is 236 g/mol. The van der Waals surface area contributed by atoms with Gasteiger partial charge >= 0.3 is 6.18 Å². The molecular formula is C11H15F3S. The zero-order valence-electron chi connectivity index (χ0n) is 9.27. The molecule has 1 heterocycles. The molecular weight excluding hydrogens is 221 g/mol. The molecule has 0 aromatic carbocycles. The fraction of sp³-hybridized carbons (Fsp3) is 0.636. The van der Waals surface area contributed by atoms with E-state index in [4.69, 9.17) is 0 Å². The van der Waals surface area contributed by atoms with E-state index in [0.29, 0.717) is 5.56 Å². The van der Waals surface area contributed by atoms with Gasteiger partial charge in [0.25, 0.3) is 0 Å². The fourth-order valence-electron chi connectivity index (χ4n) is 1.36. The van der Waals surface area contributed by atoms with Crippen LogP contribution in [-0.4, -0.2) is 0 Å². The first-order valence-corrected chi connectivity index (χ1v) is 5.76. The summed E-state index contributed by atoms with van der Waals surface area (Å²) in [5.41, 5.74) is 0.427. The normalized spacial score (nSPS) is 12.9. The third-order valence-electron chi connectivity index (χ3n) is 2.23. The van der Waals surface area contributed by atoms with Gasteiger partial charge in [0.15, 0.2) is 0 Å². The Morgan fingerprint density at radius 3 is 1.87 bits per heavy atom. The Kier molecular flexibility index (Phi) is 3.48. The Balaban J connectivity index is 3.24. The molecule has 0 nitrogen and oxygen atoms in total. The van der Waals surface area contributed by atoms with Crippen molar-refractivity contribution in [2.75, 3.05) is 0 Å². The molecule has 0 aliphatic heterocycles. The molecule has 0 saturated carbocycles. The largest absolute Gasteiger partial charge is 0.425 e. The Morgan fingerprint density at radius 2 is 1.60 bits per heavy atom. The van der Waals surface area contributed by atoms with Crippen LogP contribution >= 0.6 is 11.3 Å². The molecule has 0 saturated heterocycles. The smallest absolute Gasteiger partial charge is 0.165 e. The van der Waals surface area contributed by atoms with Gasteiger partial charge in [-0.05, 0) is 23.5 Å². The van der Waals surface area contributed by atoms with Crippen molar-refractivity contribution in [1.82, 2.24) is 0 Å². The second-order valence-corrected chi connectivity index (χ2v) is 5.32. The van der Waals surface area contributed by atoms with Crippen molar-refractivity contribution >= 4 is 11.3 Å². The van der Waals surface area contributed by atoms with Gasteiger partial charge in [-0.25, -0.2) is 0 Å². The van der Waals surface area contributed by atoms with E-state index in [2.05, 4.69) is 0 Å². The van der Waals surface area contributed by atoms with Crippen LogP contribution in [0, 0.1) is 0 Å². The minimum atomic E-state index is -4.21. The monoisotopic (exact) mass is 236 g/mol. The number of halogens is 3. The Morgan fingerprint density at radius 1 is 1.07 bits per heavy atom. The van der Waals surface area contributed by atoms with Gasteiger partial charge in [0, 0.05) is 4.88 Å². The van der Waals surface area contributed by atoms with Gasteiger partial charge in [0.05, 0.1) is 0 Å². The molecule has 1 aromatic heterocycles. The van der Waals surface area contributed by atoms with Crippen LogP contribution in [0.25, 0.3) is 0 Å². The molecule has 4 heteroatoms. The number of hydrogen-bond acceptors (Lipinski definition) is 1. The third-order valence-corrected chi connectivity index (χ3v) is 3.72. The predicted molar refractivity (Wildman–Crippen MR) is 57.5 cm³/mol. The first-order valence-electron chi connectivity index (χ1n) is 4.94. The maximum atomic E-state index is 12.7. The minimum absolute atomic E-state index is 0.0784. The van der Waals surface area contributed by atoms with Gasteiger partial charge in [0.2, 0.25) is 0 Å². The van der Waals surface area contributed by atoms with E-state index >= 15 is 0 Å². The molecule has 1 aromatic rings. The van der Waals surface area contributed by atoms with E-state index in [9.17, 15) is 13.2 Å². The molecule has 0 spiro atoms. The van der Waals surface area contributed by atoms with Gasteiger partial charge in [-0.3, -0.25) is 0 Å². The maximum absolute atomic E-state index is 12.7. The van der Waals surface area contributed by atoms with Crippen molar-refractivity contribution < 1.29 is 13.2 Å². The van der Waals surface area contributed by atoms with E-state index in [1.807, 2.05) is 13.8 Å². The zero-order valence-corrected chi connectivity index (χ0v) is 10.1. The average Bonchev–Trinajstić information content (AvgIpc) is 2.45. The van der Waals surface area contributed by atoms with Crippen molar-refractivity contribution in [3.05, 3.63) is 21.4 Å². The Hall–Kier alpha value is -0.510. The highest BCUT2D eigenvalue weighted by Crippen LogP contribution is 2.42. The SMILES string of the molecule is CC(C)c1cc(C(C)C)c(C(F)(F)F)s1. The summed E-state index contributed by atoms with van der Waals surface area (Å²) in [6.07, 6.45) is -4.21. The Bertz CT molecular complexity index is 334. The highest BCUT2D eigenvalue weighted by Gasteiger charge is 2.36. The third kappa shape index (κ3) is 2.74. The van der Waals surface area contributed by atoms with E-state index in [1.54, 1.807) is 19.9 Å². The van der Waals surface area contributed by atoms with E-state index < -0.39 is 11.1 Å². The molecule has 0 aliphatic carbocycles. The fourth-order valence-corrected chi connectivity index (χ4v) is 2.55. The summed E-state index contributed by atoms with van der Waals surface area (Å²) in [4.78, 5) is 0.382. The van der Waals surface area contributed by atoms with E-state index in [-0.39, 0.29) is 11.8 Å². The lowest BCUT2D eigenvalue weighted by molar-refractivity contribution is -0.135. The molecule has 0 radical (unpaired) electrons. The van der Waals surface area contributed by atoms with Crippen LogP contribution in [0.5, 0.6) is 0 Å². The second-order valence-electron chi connectivity index (χ2n) is 4.24. The summed E-state index contributed by atoms with van der Waals surface area (Å²) in [5, 5.41) is 0. The van der Waals surface area contributed by atoms with Crippen molar-refractivity contribution in [2.45, 2.75) is 45.7 Å². The van der Waals surface area contributed by atoms with Gasteiger partial charge in [-0.15, -0.1) is 11.3 Å².